The van der Waals surface area contributed by atoms with Crippen molar-refractivity contribution in [3.8, 4) is 5.75 Å². The van der Waals surface area contributed by atoms with Crippen molar-refractivity contribution < 1.29 is 13.2 Å². The van der Waals surface area contributed by atoms with E-state index in [0.29, 0.717) is 6.42 Å². The van der Waals surface area contributed by atoms with Gasteiger partial charge in [0.2, 0.25) is 0 Å². The van der Waals surface area contributed by atoms with Gasteiger partial charge in [-0.05, 0) is 31.2 Å². The van der Waals surface area contributed by atoms with E-state index in [1.807, 2.05) is 11.4 Å². The van der Waals surface area contributed by atoms with Crippen molar-refractivity contribution in [3.63, 3.8) is 0 Å². The Balaban J connectivity index is 2.08. The van der Waals surface area contributed by atoms with Gasteiger partial charge in [-0.1, -0.05) is 6.42 Å². The molecule has 1 aliphatic carbocycles. The normalized spacial score (nSPS) is 26.1. The molecule has 1 aromatic rings. The average Bonchev–Trinajstić information content (AvgIpc) is 2.86. The van der Waals surface area contributed by atoms with Crippen LogP contribution in [0.2, 0.25) is 0 Å². The molecule has 6 heteroatoms. The minimum atomic E-state index is -2.95. The highest BCUT2D eigenvalue weighted by Crippen LogP contribution is 2.38. The standard InChI is InChI=1S/C13H21NO3S2/c1-17-10-7-12(18-8-10)13(14)9-4-3-5-11(6-9)19(2,15)16/h7-9,11,13H,3-6,14H2,1-2H3. The molecule has 1 fully saturated rings. The molecule has 1 saturated carbocycles. The molecule has 3 unspecified atom stereocenters. The minimum absolute atomic E-state index is 0.0848. The molecule has 2 N–H and O–H groups in total. The highest BCUT2D eigenvalue weighted by molar-refractivity contribution is 7.91. The van der Waals surface area contributed by atoms with Crippen LogP contribution in [0.15, 0.2) is 11.4 Å². The number of thiophene rings is 1. The van der Waals surface area contributed by atoms with Gasteiger partial charge in [0.15, 0.2) is 0 Å². The molecule has 0 aliphatic heterocycles. The fraction of sp³-hybridized carbons (Fsp3) is 0.692. The van der Waals surface area contributed by atoms with Crippen molar-refractivity contribution in [1.29, 1.82) is 0 Å². The Morgan fingerprint density at radius 3 is 2.79 bits per heavy atom. The molecule has 1 aromatic heterocycles. The largest absolute Gasteiger partial charge is 0.496 e. The van der Waals surface area contributed by atoms with Crippen molar-refractivity contribution in [2.75, 3.05) is 13.4 Å². The zero-order valence-electron chi connectivity index (χ0n) is 11.3. The van der Waals surface area contributed by atoms with Gasteiger partial charge in [-0.3, -0.25) is 0 Å². The zero-order valence-corrected chi connectivity index (χ0v) is 13.0. The summed E-state index contributed by atoms with van der Waals surface area (Å²) in [5.41, 5.74) is 6.30. The minimum Gasteiger partial charge on any atom is -0.496 e. The third-order valence-corrected chi connectivity index (χ3v) is 6.59. The predicted octanol–water partition coefficient (Wildman–Crippen LogP) is 2.36. The van der Waals surface area contributed by atoms with Crippen LogP contribution in [-0.2, 0) is 9.84 Å². The smallest absolute Gasteiger partial charge is 0.150 e. The lowest BCUT2D eigenvalue weighted by Crippen LogP contribution is -2.32. The Kier molecular flexibility index (Phi) is 4.53. The summed E-state index contributed by atoms with van der Waals surface area (Å²) in [5.74, 6) is 1.07. The maximum atomic E-state index is 11.7. The van der Waals surface area contributed by atoms with Crippen LogP contribution in [0.4, 0.5) is 0 Å². The van der Waals surface area contributed by atoms with Crippen molar-refractivity contribution in [1.82, 2.24) is 0 Å². The predicted molar refractivity (Wildman–Crippen MR) is 78.4 cm³/mol. The highest BCUT2D eigenvalue weighted by atomic mass is 32.2. The maximum absolute atomic E-state index is 11.7. The first-order chi connectivity index (χ1) is 8.91. The fourth-order valence-corrected chi connectivity index (χ4v) is 4.89. The first-order valence-electron chi connectivity index (χ1n) is 6.48. The summed E-state index contributed by atoms with van der Waals surface area (Å²) < 4.78 is 28.5. The molecule has 0 amide bonds. The van der Waals surface area contributed by atoms with Crippen molar-refractivity contribution in [2.24, 2.45) is 11.7 Å². The van der Waals surface area contributed by atoms with E-state index < -0.39 is 9.84 Å². The van der Waals surface area contributed by atoms with Gasteiger partial charge in [-0.15, -0.1) is 11.3 Å². The van der Waals surface area contributed by atoms with Gasteiger partial charge in [0, 0.05) is 22.6 Å². The van der Waals surface area contributed by atoms with Crippen LogP contribution in [0.5, 0.6) is 5.75 Å². The lowest BCUT2D eigenvalue weighted by atomic mass is 9.83. The van der Waals surface area contributed by atoms with Gasteiger partial charge in [0.25, 0.3) is 0 Å². The monoisotopic (exact) mass is 303 g/mol. The Hall–Kier alpha value is -0.590. The number of ether oxygens (including phenoxy) is 1. The molecule has 0 bridgehead atoms. The fourth-order valence-electron chi connectivity index (χ4n) is 2.74. The SMILES string of the molecule is COc1csc(C(N)C2CCCC(S(C)(=O)=O)C2)c1. The van der Waals surface area contributed by atoms with E-state index in [-0.39, 0.29) is 17.2 Å². The molecule has 1 aliphatic rings. The summed E-state index contributed by atoms with van der Waals surface area (Å²) in [6.45, 7) is 0. The van der Waals surface area contributed by atoms with Crippen molar-refractivity contribution in [3.05, 3.63) is 16.3 Å². The lowest BCUT2D eigenvalue weighted by Gasteiger charge is -2.31. The lowest BCUT2D eigenvalue weighted by molar-refractivity contribution is 0.311. The van der Waals surface area contributed by atoms with E-state index in [4.69, 9.17) is 10.5 Å². The summed E-state index contributed by atoms with van der Waals surface area (Å²) >= 11 is 1.59. The second-order valence-corrected chi connectivity index (χ2v) is 8.56. The van der Waals surface area contributed by atoms with Crippen LogP contribution in [0.25, 0.3) is 0 Å². The molecule has 0 spiro atoms. The highest BCUT2D eigenvalue weighted by Gasteiger charge is 2.32. The third kappa shape index (κ3) is 3.49. The molecule has 1 heterocycles. The van der Waals surface area contributed by atoms with E-state index in [2.05, 4.69) is 0 Å². The molecular weight excluding hydrogens is 282 g/mol. The first kappa shape index (κ1) is 14.8. The van der Waals surface area contributed by atoms with Crippen LogP contribution >= 0.6 is 11.3 Å². The summed E-state index contributed by atoms with van der Waals surface area (Å²) in [7, 11) is -1.31. The summed E-state index contributed by atoms with van der Waals surface area (Å²) in [4.78, 5) is 1.08. The summed E-state index contributed by atoms with van der Waals surface area (Å²) in [6, 6.07) is 1.87. The first-order valence-corrected chi connectivity index (χ1v) is 9.32. The molecule has 2 rings (SSSR count). The molecule has 3 atom stereocenters. The Labute approximate surface area is 118 Å². The zero-order chi connectivity index (χ0) is 14.0. The average molecular weight is 303 g/mol. The molecular formula is C13H21NO3S2. The Bertz CT molecular complexity index is 524. The van der Waals surface area contributed by atoms with E-state index in [9.17, 15) is 8.42 Å². The van der Waals surface area contributed by atoms with Gasteiger partial charge >= 0.3 is 0 Å². The molecule has 0 saturated heterocycles. The van der Waals surface area contributed by atoms with Gasteiger partial charge in [-0.25, -0.2) is 8.42 Å². The molecule has 0 aromatic carbocycles. The quantitative estimate of drug-likeness (QED) is 0.927. The van der Waals surface area contributed by atoms with Gasteiger partial charge in [0.05, 0.1) is 12.4 Å². The number of hydrogen-bond donors (Lipinski definition) is 1. The second-order valence-electron chi connectivity index (χ2n) is 5.29. The van der Waals surface area contributed by atoms with Crippen LogP contribution in [0.1, 0.15) is 36.6 Å². The molecule has 0 radical (unpaired) electrons. The van der Waals surface area contributed by atoms with Gasteiger partial charge < -0.3 is 10.5 Å². The number of sulfone groups is 1. The Morgan fingerprint density at radius 1 is 1.47 bits per heavy atom. The van der Waals surface area contributed by atoms with E-state index in [0.717, 1.165) is 29.9 Å². The number of nitrogens with two attached hydrogens (primary N) is 1. The van der Waals surface area contributed by atoms with E-state index in [1.165, 1.54) is 6.26 Å². The van der Waals surface area contributed by atoms with E-state index in [1.54, 1.807) is 18.4 Å². The topological polar surface area (TPSA) is 69.4 Å². The van der Waals surface area contributed by atoms with Gasteiger partial charge in [0.1, 0.15) is 15.6 Å². The van der Waals surface area contributed by atoms with Crippen LogP contribution < -0.4 is 10.5 Å². The number of rotatable bonds is 4. The Morgan fingerprint density at radius 2 is 2.21 bits per heavy atom. The number of hydrogen-bond acceptors (Lipinski definition) is 5. The third-order valence-electron chi connectivity index (χ3n) is 3.94. The molecule has 4 nitrogen and oxygen atoms in total. The number of methoxy groups -OCH3 is 1. The van der Waals surface area contributed by atoms with Crippen LogP contribution in [-0.4, -0.2) is 27.0 Å². The van der Waals surface area contributed by atoms with Crippen LogP contribution in [0, 0.1) is 5.92 Å². The summed E-state index contributed by atoms with van der Waals surface area (Å²) in [5, 5.41) is 1.71. The van der Waals surface area contributed by atoms with Crippen LogP contribution in [0.3, 0.4) is 0 Å². The van der Waals surface area contributed by atoms with Crippen molar-refractivity contribution in [2.45, 2.75) is 37.0 Å². The van der Waals surface area contributed by atoms with Gasteiger partial charge in [-0.2, -0.15) is 0 Å². The maximum Gasteiger partial charge on any atom is 0.150 e. The molecule has 19 heavy (non-hydrogen) atoms. The van der Waals surface area contributed by atoms with Crippen molar-refractivity contribution >= 4 is 21.2 Å². The second kappa shape index (κ2) is 5.81. The molecule has 108 valence electrons. The van der Waals surface area contributed by atoms with E-state index >= 15 is 0 Å². The summed E-state index contributed by atoms with van der Waals surface area (Å²) in [6.07, 6.45) is 4.74.